The van der Waals surface area contributed by atoms with Crippen LogP contribution in [0.15, 0.2) is 30.3 Å². The van der Waals surface area contributed by atoms with Crippen molar-refractivity contribution in [3.8, 4) is 0 Å². The van der Waals surface area contributed by atoms with E-state index in [-0.39, 0.29) is 0 Å². The fourth-order valence-electron chi connectivity index (χ4n) is 3.44. The summed E-state index contributed by atoms with van der Waals surface area (Å²) in [4.78, 5) is 0. The van der Waals surface area contributed by atoms with Gasteiger partial charge in [0.15, 0.2) is 0 Å². The normalized spacial score (nSPS) is 12.5. The van der Waals surface area contributed by atoms with Crippen molar-refractivity contribution >= 4 is 0 Å². The topological polar surface area (TPSA) is 0 Å². The lowest BCUT2D eigenvalue weighted by Gasteiger charge is -2.23. The molecule has 0 bridgehead atoms. The molecule has 0 N–H and O–H groups in total. The van der Waals surface area contributed by atoms with Gasteiger partial charge in [0.2, 0.25) is 0 Å². The summed E-state index contributed by atoms with van der Waals surface area (Å²) >= 11 is 0. The van der Waals surface area contributed by atoms with Crippen molar-refractivity contribution in [1.29, 1.82) is 0 Å². The zero-order chi connectivity index (χ0) is 15.6. The Kier molecular flexibility index (Phi) is 4.88. The van der Waals surface area contributed by atoms with E-state index in [4.69, 9.17) is 0 Å². The van der Waals surface area contributed by atoms with E-state index in [1.807, 2.05) is 0 Å². The van der Waals surface area contributed by atoms with E-state index in [2.05, 4.69) is 71.9 Å². The van der Waals surface area contributed by atoms with Crippen molar-refractivity contribution in [2.75, 3.05) is 0 Å². The van der Waals surface area contributed by atoms with Crippen LogP contribution in [0.5, 0.6) is 0 Å². The minimum atomic E-state index is 0.614. The maximum absolute atomic E-state index is 2.38. The van der Waals surface area contributed by atoms with E-state index in [0.717, 1.165) is 6.42 Å². The highest BCUT2D eigenvalue weighted by atomic mass is 14.2. The van der Waals surface area contributed by atoms with E-state index in [0.29, 0.717) is 5.92 Å². The van der Waals surface area contributed by atoms with E-state index >= 15 is 0 Å². The molecule has 2 aromatic carbocycles. The molecule has 0 fully saturated rings. The molecule has 0 spiro atoms. The Labute approximate surface area is 130 Å². The molecule has 0 saturated carbocycles. The molecule has 0 aliphatic rings. The van der Waals surface area contributed by atoms with Gasteiger partial charge >= 0.3 is 0 Å². The number of hydrogen-bond acceptors (Lipinski definition) is 0. The summed E-state index contributed by atoms with van der Waals surface area (Å²) in [6, 6.07) is 10.8. The van der Waals surface area contributed by atoms with Gasteiger partial charge in [-0.2, -0.15) is 0 Å². The first-order chi connectivity index (χ1) is 9.93. The fraction of sp³-hybridized carbons (Fsp3) is 0.429. The fourth-order valence-corrected chi connectivity index (χ4v) is 3.44. The van der Waals surface area contributed by atoms with E-state index in [1.54, 1.807) is 5.56 Å². The second kappa shape index (κ2) is 6.47. The zero-order valence-corrected chi connectivity index (χ0v) is 14.4. The molecule has 0 heterocycles. The SMILES string of the molecule is Cc1c(C)c(C)c(C(C)CCc2ccccc2)c(C)c1C. The quantitative estimate of drug-likeness (QED) is 0.647. The van der Waals surface area contributed by atoms with Gasteiger partial charge in [0.1, 0.15) is 0 Å². The summed E-state index contributed by atoms with van der Waals surface area (Å²) in [6.07, 6.45) is 2.38. The van der Waals surface area contributed by atoms with Crippen LogP contribution in [-0.2, 0) is 6.42 Å². The summed E-state index contributed by atoms with van der Waals surface area (Å²) in [7, 11) is 0. The van der Waals surface area contributed by atoms with Crippen molar-refractivity contribution in [3.63, 3.8) is 0 Å². The first-order valence-corrected chi connectivity index (χ1v) is 8.04. The van der Waals surface area contributed by atoms with Crippen LogP contribution in [0.1, 0.15) is 58.2 Å². The van der Waals surface area contributed by atoms with Crippen LogP contribution in [0.2, 0.25) is 0 Å². The second-order valence-electron chi connectivity index (χ2n) is 6.46. The van der Waals surface area contributed by atoms with E-state index < -0.39 is 0 Å². The number of benzene rings is 2. The molecular formula is C21H28. The molecule has 0 heteroatoms. The van der Waals surface area contributed by atoms with Crippen LogP contribution in [0.3, 0.4) is 0 Å². The van der Waals surface area contributed by atoms with Crippen molar-refractivity contribution in [2.45, 2.75) is 60.3 Å². The highest BCUT2D eigenvalue weighted by Crippen LogP contribution is 2.33. The first kappa shape index (κ1) is 15.8. The maximum atomic E-state index is 2.38. The van der Waals surface area contributed by atoms with Crippen LogP contribution in [0, 0.1) is 34.6 Å². The highest BCUT2D eigenvalue weighted by Gasteiger charge is 2.17. The molecule has 112 valence electrons. The predicted octanol–water partition coefficient (Wildman–Crippen LogP) is 5.97. The summed E-state index contributed by atoms with van der Waals surface area (Å²) in [5.41, 5.74) is 10.4. The Bertz CT molecular complexity index is 591. The number of hydrogen-bond donors (Lipinski definition) is 0. The third kappa shape index (κ3) is 3.20. The largest absolute Gasteiger partial charge is 0.0622 e. The highest BCUT2D eigenvalue weighted by molar-refractivity contribution is 5.50. The van der Waals surface area contributed by atoms with Gasteiger partial charge in [-0.1, -0.05) is 37.3 Å². The molecule has 2 aromatic rings. The van der Waals surface area contributed by atoms with Crippen LogP contribution in [0.4, 0.5) is 0 Å². The average molecular weight is 280 g/mol. The van der Waals surface area contributed by atoms with Gasteiger partial charge in [-0.25, -0.2) is 0 Å². The van der Waals surface area contributed by atoms with Crippen molar-refractivity contribution in [2.24, 2.45) is 0 Å². The molecule has 0 radical (unpaired) electrons. The van der Waals surface area contributed by atoms with Crippen LogP contribution < -0.4 is 0 Å². The molecule has 0 nitrogen and oxygen atoms in total. The molecule has 1 atom stereocenters. The monoisotopic (exact) mass is 280 g/mol. The van der Waals surface area contributed by atoms with Gasteiger partial charge in [-0.3, -0.25) is 0 Å². The van der Waals surface area contributed by atoms with Crippen LogP contribution >= 0.6 is 0 Å². The minimum absolute atomic E-state index is 0.614. The average Bonchev–Trinajstić information content (AvgIpc) is 2.50. The summed E-state index contributed by atoms with van der Waals surface area (Å²) in [5, 5.41) is 0. The third-order valence-electron chi connectivity index (χ3n) is 5.26. The Hall–Kier alpha value is -1.56. The number of rotatable bonds is 4. The van der Waals surface area contributed by atoms with Gasteiger partial charge in [-0.15, -0.1) is 0 Å². The molecular weight excluding hydrogens is 252 g/mol. The lowest BCUT2D eigenvalue weighted by molar-refractivity contribution is 0.669. The molecule has 0 amide bonds. The van der Waals surface area contributed by atoms with Crippen molar-refractivity contribution < 1.29 is 0 Å². The standard InChI is InChI=1S/C21H28/c1-14(12-13-20-10-8-7-9-11-20)21-18(5)16(3)15(2)17(4)19(21)6/h7-11,14H,12-13H2,1-6H3. The Balaban J connectivity index is 2.25. The molecule has 1 unspecified atom stereocenters. The Morgan fingerprint density at radius 3 is 1.71 bits per heavy atom. The lowest BCUT2D eigenvalue weighted by atomic mass is 9.82. The van der Waals surface area contributed by atoms with Crippen molar-refractivity contribution in [1.82, 2.24) is 0 Å². The molecule has 0 aromatic heterocycles. The van der Waals surface area contributed by atoms with E-state index in [9.17, 15) is 0 Å². The van der Waals surface area contributed by atoms with Gasteiger partial charge in [0.25, 0.3) is 0 Å². The first-order valence-electron chi connectivity index (χ1n) is 8.04. The Morgan fingerprint density at radius 1 is 0.714 bits per heavy atom. The molecule has 21 heavy (non-hydrogen) atoms. The van der Waals surface area contributed by atoms with Gasteiger partial charge in [0, 0.05) is 0 Å². The molecule has 0 saturated heterocycles. The maximum Gasteiger partial charge on any atom is -0.0182 e. The smallest absolute Gasteiger partial charge is 0.0182 e. The summed E-state index contributed by atoms with van der Waals surface area (Å²) in [5.74, 6) is 0.614. The van der Waals surface area contributed by atoms with Crippen molar-refractivity contribution in [3.05, 3.63) is 69.3 Å². The molecule has 2 rings (SSSR count). The van der Waals surface area contributed by atoms with Crippen LogP contribution in [0.25, 0.3) is 0 Å². The van der Waals surface area contributed by atoms with Gasteiger partial charge < -0.3 is 0 Å². The minimum Gasteiger partial charge on any atom is -0.0622 e. The van der Waals surface area contributed by atoms with Gasteiger partial charge in [-0.05, 0) is 92.3 Å². The molecule has 0 aliphatic carbocycles. The van der Waals surface area contributed by atoms with Crippen LogP contribution in [-0.4, -0.2) is 0 Å². The Morgan fingerprint density at radius 2 is 1.19 bits per heavy atom. The third-order valence-corrected chi connectivity index (χ3v) is 5.26. The number of aryl methyl sites for hydroxylation is 1. The molecule has 0 aliphatic heterocycles. The second-order valence-corrected chi connectivity index (χ2v) is 6.46. The summed E-state index contributed by atoms with van der Waals surface area (Å²) in [6.45, 7) is 13.8. The summed E-state index contributed by atoms with van der Waals surface area (Å²) < 4.78 is 0. The predicted molar refractivity (Wildman–Crippen MR) is 93.3 cm³/mol. The zero-order valence-electron chi connectivity index (χ0n) is 14.4. The van der Waals surface area contributed by atoms with Gasteiger partial charge in [0.05, 0.1) is 0 Å². The van der Waals surface area contributed by atoms with E-state index in [1.165, 1.54) is 39.8 Å². The lowest BCUT2D eigenvalue weighted by Crippen LogP contribution is -2.07.